The molecule has 0 aromatic heterocycles. The van der Waals surface area contributed by atoms with Gasteiger partial charge in [-0.2, -0.15) is 13.2 Å². The van der Waals surface area contributed by atoms with Crippen LogP contribution in [0, 0.1) is 5.92 Å². The molecule has 0 radical (unpaired) electrons. The molecule has 2 aromatic carbocycles. The molecular weight excluding hydrogens is 491 g/mol. The summed E-state index contributed by atoms with van der Waals surface area (Å²) in [5.74, 6) is -0.231. The van der Waals surface area contributed by atoms with Crippen molar-refractivity contribution in [2.45, 2.75) is 22.7 Å². The van der Waals surface area contributed by atoms with Gasteiger partial charge in [-0.3, -0.25) is 9.59 Å². The first-order chi connectivity index (χ1) is 16.1. The molecule has 34 heavy (non-hydrogen) atoms. The molecule has 1 amide bonds. The number of alkyl halides is 3. The van der Waals surface area contributed by atoms with Crippen LogP contribution in [-0.2, 0) is 15.8 Å². The lowest BCUT2D eigenvalue weighted by Crippen LogP contribution is -2.55. The van der Waals surface area contributed by atoms with E-state index in [0.717, 1.165) is 12.1 Å². The Kier molecular flexibility index (Phi) is 6.69. The van der Waals surface area contributed by atoms with Gasteiger partial charge in [0.2, 0.25) is 5.91 Å². The lowest BCUT2D eigenvalue weighted by atomic mass is 9.82. The van der Waals surface area contributed by atoms with E-state index < -0.39 is 33.7 Å². The molecule has 6 nitrogen and oxygen atoms in total. The van der Waals surface area contributed by atoms with Gasteiger partial charge in [0.05, 0.1) is 36.3 Å². The number of ether oxygens (including phenoxy) is 2. The number of rotatable bonds is 5. The molecule has 0 bridgehead atoms. The number of amides is 1. The number of piperidine rings is 1. The molecule has 2 aromatic rings. The highest BCUT2D eigenvalue weighted by molar-refractivity contribution is 8.21. The topological polar surface area (TPSA) is 76.1 Å². The zero-order valence-corrected chi connectivity index (χ0v) is 19.9. The van der Waals surface area contributed by atoms with Gasteiger partial charge in [0.15, 0.2) is 11.5 Å². The van der Waals surface area contributed by atoms with Crippen LogP contribution < -0.4 is 14.4 Å². The number of methoxy groups -OCH3 is 2. The van der Waals surface area contributed by atoms with Crippen LogP contribution in [0.1, 0.15) is 23.6 Å². The predicted octanol–water partition coefficient (Wildman–Crippen LogP) is 5.08. The number of carbonyl (C=O) groups is 2. The van der Waals surface area contributed by atoms with Crippen molar-refractivity contribution >= 4 is 41.1 Å². The van der Waals surface area contributed by atoms with E-state index in [1.54, 1.807) is 18.2 Å². The number of thioether (sulfide) groups is 2. The maximum atomic E-state index is 13.5. The van der Waals surface area contributed by atoms with Crippen molar-refractivity contribution in [1.82, 2.24) is 0 Å². The summed E-state index contributed by atoms with van der Waals surface area (Å²) >= 11 is 2.91. The minimum Gasteiger partial charge on any atom is -0.493 e. The summed E-state index contributed by atoms with van der Waals surface area (Å²) in [6, 6.07) is 8.15. The Hall–Kier alpha value is -2.53. The highest BCUT2D eigenvalue weighted by Gasteiger charge is 2.58. The Morgan fingerprint density at radius 1 is 1.06 bits per heavy atom. The van der Waals surface area contributed by atoms with E-state index in [1.807, 2.05) is 0 Å². The number of nitrogens with zero attached hydrogens (tertiary/aromatic N) is 1. The molecule has 1 spiro atoms. The van der Waals surface area contributed by atoms with Gasteiger partial charge < -0.3 is 19.5 Å². The summed E-state index contributed by atoms with van der Waals surface area (Å²) in [6.07, 6.45) is -4.57. The summed E-state index contributed by atoms with van der Waals surface area (Å²) in [5, 5.41) is 10.4. The molecule has 182 valence electrons. The van der Waals surface area contributed by atoms with E-state index in [-0.39, 0.29) is 18.0 Å². The van der Waals surface area contributed by atoms with E-state index >= 15 is 0 Å². The lowest BCUT2D eigenvalue weighted by Gasteiger charge is -2.48. The second-order valence-corrected chi connectivity index (χ2v) is 11.0. The van der Waals surface area contributed by atoms with Gasteiger partial charge in [-0.05, 0) is 42.0 Å². The Balaban J connectivity index is 1.88. The van der Waals surface area contributed by atoms with Crippen LogP contribution in [0.25, 0.3) is 0 Å². The van der Waals surface area contributed by atoms with Crippen molar-refractivity contribution in [1.29, 1.82) is 0 Å². The van der Waals surface area contributed by atoms with Crippen LogP contribution in [0.4, 0.5) is 18.9 Å². The first kappa shape index (κ1) is 24.6. The molecule has 2 heterocycles. The summed E-state index contributed by atoms with van der Waals surface area (Å²) < 4.78 is 49.1. The maximum Gasteiger partial charge on any atom is 0.416 e. The number of halogens is 3. The number of carboxylic acids is 1. The largest absolute Gasteiger partial charge is 0.493 e. The quantitative estimate of drug-likeness (QED) is 0.598. The molecule has 4 rings (SSSR count). The predicted molar refractivity (Wildman–Crippen MR) is 125 cm³/mol. The Labute approximate surface area is 202 Å². The van der Waals surface area contributed by atoms with Crippen molar-refractivity contribution in [3.05, 3.63) is 53.6 Å². The average molecular weight is 514 g/mol. The summed E-state index contributed by atoms with van der Waals surface area (Å²) in [7, 11) is 2.91. The summed E-state index contributed by atoms with van der Waals surface area (Å²) in [6.45, 7) is 0. The zero-order chi connectivity index (χ0) is 24.7. The molecule has 2 unspecified atom stereocenters. The first-order valence-electron chi connectivity index (χ1n) is 10.3. The lowest BCUT2D eigenvalue weighted by molar-refractivity contribution is -0.144. The van der Waals surface area contributed by atoms with Crippen molar-refractivity contribution in [2.75, 3.05) is 30.6 Å². The van der Waals surface area contributed by atoms with E-state index in [1.165, 1.54) is 54.8 Å². The Bertz CT molecular complexity index is 1090. The number of hydrogen-bond donors (Lipinski definition) is 1. The van der Waals surface area contributed by atoms with Crippen LogP contribution in [-0.4, -0.2) is 46.8 Å². The van der Waals surface area contributed by atoms with E-state index in [9.17, 15) is 27.9 Å². The van der Waals surface area contributed by atoms with Gasteiger partial charge in [0.1, 0.15) is 5.92 Å². The second kappa shape index (κ2) is 9.26. The van der Waals surface area contributed by atoms with Crippen LogP contribution >= 0.6 is 23.5 Å². The summed E-state index contributed by atoms with van der Waals surface area (Å²) in [4.78, 5) is 27.5. The van der Waals surface area contributed by atoms with Crippen LogP contribution in [0.15, 0.2) is 42.5 Å². The average Bonchev–Trinajstić information content (AvgIpc) is 3.25. The van der Waals surface area contributed by atoms with Crippen LogP contribution in [0.5, 0.6) is 11.5 Å². The van der Waals surface area contributed by atoms with Crippen LogP contribution in [0.3, 0.4) is 0 Å². The third kappa shape index (κ3) is 4.31. The minimum absolute atomic E-state index is 0.0376. The van der Waals surface area contributed by atoms with Crippen LogP contribution in [0.2, 0.25) is 0 Å². The van der Waals surface area contributed by atoms with Crippen molar-refractivity contribution in [3.63, 3.8) is 0 Å². The molecule has 2 saturated heterocycles. The molecule has 2 atom stereocenters. The molecule has 2 fully saturated rings. The first-order valence-corrected chi connectivity index (χ1v) is 12.3. The van der Waals surface area contributed by atoms with Gasteiger partial charge in [0, 0.05) is 17.2 Å². The Morgan fingerprint density at radius 3 is 2.21 bits per heavy atom. The normalized spacial score (nSPS) is 22.1. The van der Waals surface area contributed by atoms with E-state index in [4.69, 9.17) is 9.47 Å². The van der Waals surface area contributed by atoms with Gasteiger partial charge in [-0.1, -0.05) is 6.07 Å². The highest BCUT2D eigenvalue weighted by Crippen LogP contribution is 2.59. The monoisotopic (exact) mass is 513 g/mol. The van der Waals surface area contributed by atoms with E-state index in [0.29, 0.717) is 28.6 Å². The molecule has 11 heteroatoms. The van der Waals surface area contributed by atoms with Crippen molar-refractivity contribution in [2.24, 2.45) is 5.92 Å². The van der Waals surface area contributed by atoms with Crippen molar-refractivity contribution < 1.29 is 37.3 Å². The maximum absolute atomic E-state index is 13.5. The van der Waals surface area contributed by atoms with Gasteiger partial charge >= 0.3 is 12.1 Å². The molecule has 2 aliphatic rings. The number of carbonyl (C=O) groups excluding carboxylic acids is 1. The van der Waals surface area contributed by atoms with E-state index in [2.05, 4.69) is 0 Å². The number of aliphatic carboxylic acids is 1. The van der Waals surface area contributed by atoms with Gasteiger partial charge in [0.25, 0.3) is 0 Å². The third-order valence-electron chi connectivity index (χ3n) is 6.00. The number of benzene rings is 2. The molecule has 0 saturated carbocycles. The number of anilines is 1. The molecule has 1 N–H and O–H groups in total. The fourth-order valence-electron chi connectivity index (χ4n) is 4.52. The summed E-state index contributed by atoms with van der Waals surface area (Å²) in [5.41, 5.74) is -0.158. The second-order valence-electron chi connectivity index (χ2n) is 7.87. The third-order valence-corrected chi connectivity index (χ3v) is 9.55. The molecular formula is C23H22F3NO5S2. The highest BCUT2D eigenvalue weighted by atomic mass is 32.2. The standard InChI is InChI=1S/C23H22F3NO5S2/c1-31-16-8-3-13(11-17(16)32-2)20-19(21(29)30)22(33-9-10-34-22)12-18(28)27(20)15-6-4-14(5-7-15)23(24,25)26/h3-8,11,19-20H,9-10,12H2,1-2H3,(H,29,30). The molecule has 0 aliphatic carbocycles. The minimum atomic E-state index is -4.53. The smallest absolute Gasteiger partial charge is 0.416 e. The van der Waals surface area contributed by atoms with Gasteiger partial charge in [-0.25, -0.2) is 0 Å². The SMILES string of the molecule is COc1ccc(C2C(C(=O)O)C3(CC(=O)N2c2ccc(C(F)(F)F)cc2)SCCS3)cc1OC. The fourth-order valence-corrected chi connectivity index (χ4v) is 7.98. The zero-order valence-electron chi connectivity index (χ0n) is 18.3. The number of carboxylic acid groups (broad SMARTS) is 1. The van der Waals surface area contributed by atoms with Gasteiger partial charge in [-0.15, -0.1) is 23.5 Å². The van der Waals surface area contributed by atoms with Crippen molar-refractivity contribution in [3.8, 4) is 11.5 Å². The molecule has 2 aliphatic heterocycles. The number of hydrogen-bond acceptors (Lipinski definition) is 6. The fraction of sp³-hybridized carbons (Fsp3) is 0.391. The Morgan fingerprint density at radius 2 is 1.68 bits per heavy atom.